The van der Waals surface area contributed by atoms with Crippen molar-refractivity contribution in [1.82, 2.24) is 20.2 Å². The zero-order valence-corrected chi connectivity index (χ0v) is 40.2. The summed E-state index contributed by atoms with van der Waals surface area (Å²) in [6.07, 6.45) is 2.53. The molecule has 0 bridgehead atoms. The predicted octanol–water partition coefficient (Wildman–Crippen LogP) is 7.43. The quantitative estimate of drug-likeness (QED) is 0.0163. The summed E-state index contributed by atoms with van der Waals surface area (Å²) in [7, 11) is 3.40. The molecule has 6 aromatic rings. The van der Waals surface area contributed by atoms with Crippen LogP contribution in [0.1, 0.15) is 48.6 Å². The third kappa shape index (κ3) is 10.6. The van der Waals surface area contributed by atoms with Crippen molar-refractivity contribution in [3.05, 3.63) is 185 Å². The van der Waals surface area contributed by atoms with Crippen molar-refractivity contribution in [3.63, 3.8) is 0 Å². The summed E-state index contributed by atoms with van der Waals surface area (Å²) in [5.41, 5.74) is 3.20. The van der Waals surface area contributed by atoms with Gasteiger partial charge in [0.15, 0.2) is 24.1 Å². The Labute approximate surface area is 410 Å². The summed E-state index contributed by atoms with van der Waals surface area (Å²) in [6, 6.07) is 42.4. The van der Waals surface area contributed by atoms with Gasteiger partial charge >= 0.3 is 18.1 Å². The van der Waals surface area contributed by atoms with Gasteiger partial charge in [-0.05, 0) is 67.3 Å². The summed E-state index contributed by atoms with van der Waals surface area (Å²) in [5, 5.41) is 22.0. The van der Waals surface area contributed by atoms with Gasteiger partial charge in [-0.25, -0.2) is 14.4 Å². The van der Waals surface area contributed by atoms with Crippen LogP contribution >= 0.6 is 11.8 Å². The highest BCUT2D eigenvalue weighted by molar-refractivity contribution is 8.00. The van der Waals surface area contributed by atoms with Crippen molar-refractivity contribution < 1.29 is 43.2 Å². The Kier molecular flexibility index (Phi) is 14.6. The van der Waals surface area contributed by atoms with Crippen molar-refractivity contribution >= 4 is 53.5 Å². The van der Waals surface area contributed by atoms with E-state index in [1.165, 1.54) is 22.9 Å². The predicted molar refractivity (Wildman–Crippen MR) is 267 cm³/mol. The number of methoxy groups -OCH3 is 1. The average Bonchev–Trinajstić information content (AvgIpc) is 3.64. The molecule has 3 heterocycles. The molecule has 1 fully saturated rings. The minimum absolute atomic E-state index is 0.0296. The molecule has 360 valence electrons. The van der Waals surface area contributed by atoms with Crippen LogP contribution in [-0.2, 0) is 44.8 Å². The maximum Gasteiger partial charge on any atom is 0.409 e. The number of carbonyl (C=O) groups is 4. The second-order valence-corrected chi connectivity index (χ2v) is 18.6. The molecule has 2 aliphatic rings. The molecule has 0 saturated carbocycles. The van der Waals surface area contributed by atoms with Crippen molar-refractivity contribution in [2.75, 3.05) is 30.2 Å². The molecular formula is C53H55N8O8S+. The first kappa shape index (κ1) is 48.4. The van der Waals surface area contributed by atoms with Gasteiger partial charge in [-0.1, -0.05) is 115 Å². The topological polar surface area (TPSA) is 189 Å². The van der Waals surface area contributed by atoms with Gasteiger partial charge in [0.05, 0.1) is 20.8 Å². The summed E-state index contributed by atoms with van der Waals surface area (Å²) in [5.74, 6) is 0.408. The minimum atomic E-state index is -1.03. The Morgan fingerprint density at radius 2 is 1.44 bits per heavy atom. The van der Waals surface area contributed by atoms with Crippen LogP contribution in [0.3, 0.4) is 0 Å². The van der Waals surface area contributed by atoms with Crippen LogP contribution in [0.5, 0.6) is 11.5 Å². The number of aliphatic imine (C=N–C) groups is 1. The summed E-state index contributed by atoms with van der Waals surface area (Å²) < 4.78 is 20.3. The molecule has 16 nitrogen and oxygen atoms in total. The number of aromatic nitrogens is 2. The fourth-order valence-electron chi connectivity index (χ4n) is 8.30. The first-order valence-corrected chi connectivity index (χ1v) is 23.6. The van der Waals surface area contributed by atoms with Gasteiger partial charge in [0.1, 0.15) is 40.3 Å². The Balaban J connectivity index is 1.19. The minimum Gasteiger partial charge on any atom is -0.507 e. The van der Waals surface area contributed by atoms with Crippen LogP contribution < -0.4 is 30.7 Å². The molecule has 0 spiro atoms. The standard InChI is InChI=1S/C53H54N8O8S/c1-52(2,3)69-51(66)56-34-55-50(65)57-42-31-60(59(4)46(42)58-53(38-18-9-6-10-19-38,39-20-11-7-12-21-39)40-22-13-8-14-23-40)30-37-33-70-48-44(54-29-36-17-15-16-24-43(36)62)47(63)61(48)45(37)49(64)68-32-35-25-27-41(67-5)28-26-35/h6-29,31,44,48H,30,32-34H2,1-5H3,(H4,54,55,56,57,62,65,66)/p+1. The number of nitrogens with one attached hydrogen (secondary N) is 4. The molecule has 17 heteroatoms. The third-order valence-electron chi connectivity index (χ3n) is 11.7. The smallest absolute Gasteiger partial charge is 0.409 e. The highest BCUT2D eigenvalue weighted by Crippen LogP contribution is 2.44. The van der Waals surface area contributed by atoms with E-state index >= 15 is 0 Å². The van der Waals surface area contributed by atoms with E-state index in [9.17, 15) is 24.3 Å². The van der Waals surface area contributed by atoms with Crippen LogP contribution in [0.15, 0.2) is 162 Å². The molecule has 8 rings (SSSR count). The number of rotatable bonds is 16. The van der Waals surface area contributed by atoms with Crippen LogP contribution in [0.25, 0.3) is 0 Å². The number of phenols is 1. The highest BCUT2D eigenvalue weighted by Gasteiger charge is 2.54. The molecule has 1 aromatic heterocycles. The van der Waals surface area contributed by atoms with Crippen LogP contribution in [0, 0.1) is 0 Å². The van der Waals surface area contributed by atoms with E-state index in [1.807, 2.05) is 107 Å². The summed E-state index contributed by atoms with van der Waals surface area (Å²) >= 11 is 1.46. The number of ether oxygens (including phenoxy) is 3. The molecule has 4 amide bonds. The molecule has 0 aliphatic carbocycles. The Hall–Kier alpha value is -8.05. The van der Waals surface area contributed by atoms with Crippen molar-refractivity contribution in [2.24, 2.45) is 12.0 Å². The lowest BCUT2D eigenvalue weighted by molar-refractivity contribution is -0.765. The second kappa shape index (κ2) is 21.1. The second-order valence-electron chi connectivity index (χ2n) is 17.5. The number of β-lactam (4-membered cyclic amide) rings is 1. The first-order chi connectivity index (χ1) is 33.8. The number of carbonyl (C=O) groups excluding carboxylic acids is 4. The number of benzene rings is 5. The van der Waals surface area contributed by atoms with Gasteiger partial charge in [0, 0.05) is 23.1 Å². The number of anilines is 2. The monoisotopic (exact) mass is 963 g/mol. The normalized spacial score (nSPS) is 15.7. The fourth-order valence-corrected chi connectivity index (χ4v) is 9.62. The Bertz CT molecular complexity index is 2810. The Morgan fingerprint density at radius 1 is 0.843 bits per heavy atom. The molecule has 2 aliphatic heterocycles. The molecule has 0 radical (unpaired) electrons. The molecule has 70 heavy (non-hydrogen) atoms. The fraction of sp³-hybridized carbons (Fsp3) is 0.245. The van der Waals surface area contributed by atoms with Gasteiger partial charge < -0.3 is 35.3 Å². The van der Waals surface area contributed by atoms with Crippen molar-refractivity contribution in [1.29, 1.82) is 0 Å². The number of hydrogen-bond donors (Lipinski definition) is 5. The van der Waals surface area contributed by atoms with Crippen molar-refractivity contribution in [3.8, 4) is 11.5 Å². The lowest BCUT2D eigenvalue weighted by Gasteiger charge is -2.47. The van der Waals surface area contributed by atoms with Gasteiger partial charge in [-0.15, -0.1) is 21.1 Å². The highest BCUT2D eigenvalue weighted by atomic mass is 32.2. The maximum atomic E-state index is 14.4. The van der Waals surface area contributed by atoms with E-state index in [1.54, 1.807) is 82.6 Å². The third-order valence-corrected chi connectivity index (χ3v) is 13.0. The molecule has 2 atom stereocenters. The molecular weight excluding hydrogens is 909 g/mol. The van der Waals surface area contributed by atoms with E-state index in [4.69, 9.17) is 14.2 Å². The number of aromatic hydroxyl groups is 1. The van der Waals surface area contributed by atoms with E-state index in [0.717, 1.165) is 22.3 Å². The molecule has 2 unspecified atom stereocenters. The number of fused-ring (bicyclic) bond motifs is 1. The number of urea groups is 1. The van der Waals surface area contributed by atoms with Crippen LogP contribution in [0.4, 0.5) is 21.1 Å². The molecule has 5 N–H and O–H groups in total. The average molecular weight is 964 g/mol. The van der Waals surface area contributed by atoms with Gasteiger partial charge in [0.25, 0.3) is 5.91 Å². The van der Waals surface area contributed by atoms with Gasteiger partial charge in [-0.2, -0.15) is 0 Å². The van der Waals surface area contributed by atoms with Crippen LogP contribution in [0.2, 0.25) is 0 Å². The lowest BCUT2D eigenvalue weighted by atomic mass is 9.77. The number of phenolic OH excluding ortho intramolecular Hbond substituents is 1. The van der Waals surface area contributed by atoms with E-state index in [-0.39, 0.29) is 31.3 Å². The maximum absolute atomic E-state index is 14.4. The summed E-state index contributed by atoms with van der Waals surface area (Å²) in [4.78, 5) is 60.8. The largest absolute Gasteiger partial charge is 0.507 e. The molecule has 5 aromatic carbocycles. The lowest BCUT2D eigenvalue weighted by Crippen LogP contribution is -2.64. The van der Waals surface area contributed by atoms with Crippen LogP contribution in [-0.4, -0.2) is 81.5 Å². The number of nitrogens with zero attached hydrogens (tertiary/aromatic N) is 4. The van der Waals surface area contributed by atoms with E-state index in [0.29, 0.717) is 34.1 Å². The number of alkyl carbamates (subject to hydrolysis) is 1. The van der Waals surface area contributed by atoms with E-state index in [2.05, 4.69) is 26.3 Å². The van der Waals surface area contributed by atoms with Gasteiger partial charge in [0.2, 0.25) is 6.20 Å². The number of thioether (sulfide) groups is 1. The Morgan fingerprint density at radius 3 is 2.03 bits per heavy atom. The number of hydrogen-bond acceptors (Lipinski definition) is 11. The summed E-state index contributed by atoms with van der Waals surface area (Å²) in [6.45, 7) is 5.03. The number of amides is 4. The number of para-hydroxylation sites is 1. The molecule has 1 saturated heterocycles. The number of esters is 1. The van der Waals surface area contributed by atoms with Crippen molar-refractivity contribution in [2.45, 2.75) is 56.5 Å². The first-order valence-electron chi connectivity index (χ1n) is 22.6. The van der Waals surface area contributed by atoms with E-state index < -0.39 is 46.6 Å². The van der Waals surface area contributed by atoms with Gasteiger partial charge in [-0.3, -0.25) is 20.0 Å². The SMILES string of the molecule is COc1ccc(COC(=O)C2=C(C[n+]3cc(NC(=O)NCNC(=O)OC(C)(C)C)c(NC(c4ccccc4)(c4ccccc4)c4ccccc4)n3C)CSC3C(N=Cc4ccccc4O)C(=O)N23)cc1. The zero-order valence-electron chi connectivity index (χ0n) is 39.4. The zero-order chi connectivity index (χ0) is 49.4.